The maximum atomic E-state index is 14.6. The molecule has 43 heavy (non-hydrogen) atoms. The van der Waals surface area contributed by atoms with Gasteiger partial charge < -0.3 is 19.1 Å². The Morgan fingerprint density at radius 3 is 2.26 bits per heavy atom. The van der Waals surface area contributed by atoms with E-state index in [4.69, 9.17) is 13.9 Å². The molecule has 0 N–H and O–H groups in total. The van der Waals surface area contributed by atoms with E-state index in [2.05, 4.69) is 38.8 Å². The van der Waals surface area contributed by atoms with Crippen molar-refractivity contribution in [2.75, 3.05) is 13.2 Å². The minimum absolute atomic E-state index is 0.0207. The zero-order chi connectivity index (χ0) is 31.2. The molecule has 2 aliphatic heterocycles. The molecule has 2 aromatic heterocycles. The summed E-state index contributed by atoms with van der Waals surface area (Å²) in [4.78, 5) is 3.78. The fraction of sp³-hybridized carbons (Fsp3) is 0.697. The van der Waals surface area contributed by atoms with Crippen molar-refractivity contribution in [3.05, 3.63) is 62.9 Å². The third-order valence-electron chi connectivity index (χ3n) is 11.0. The van der Waals surface area contributed by atoms with Crippen molar-refractivity contribution in [2.45, 2.75) is 128 Å². The predicted molar refractivity (Wildman–Crippen MR) is 159 cm³/mol. The Morgan fingerprint density at radius 2 is 1.74 bits per heavy atom. The summed E-state index contributed by atoms with van der Waals surface area (Å²) < 4.78 is 61.6. The highest BCUT2D eigenvalue weighted by Gasteiger charge is 2.58. The van der Waals surface area contributed by atoms with Gasteiger partial charge in [0, 0.05) is 55.7 Å². The van der Waals surface area contributed by atoms with E-state index in [0.717, 1.165) is 65.3 Å². The van der Waals surface area contributed by atoms with E-state index in [0.29, 0.717) is 37.3 Å². The first-order valence-corrected chi connectivity index (χ1v) is 18.7. The number of rotatable bonds is 4. The molecule has 2 aliphatic carbocycles. The molecule has 10 heteroatoms. The van der Waals surface area contributed by atoms with E-state index in [-0.39, 0.29) is 22.5 Å². The van der Waals surface area contributed by atoms with E-state index >= 15 is 0 Å². The van der Waals surface area contributed by atoms with Crippen LogP contribution in [0.3, 0.4) is 0 Å². The number of pyridine rings is 2. The first-order chi connectivity index (χ1) is 20.0. The van der Waals surface area contributed by atoms with Crippen LogP contribution in [-0.4, -0.2) is 26.5 Å². The molecule has 0 bridgehead atoms. The van der Waals surface area contributed by atoms with Crippen molar-refractivity contribution in [3.8, 4) is 0 Å². The zero-order valence-corrected chi connectivity index (χ0v) is 27.5. The maximum Gasteiger partial charge on any atom is 0.433 e. The van der Waals surface area contributed by atoms with E-state index < -0.39 is 31.9 Å². The van der Waals surface area contributed by atoms with E-state index in [1.165, 1.54) is 12.3 Å². The van der Waals surface area contributed by atoms with Gasteiger partial charge in [-0.05, 0) is 48.9 Å². The van der Waals surface area contributed by atoms with Gasteiger partial charge >= 0.3 is 6.18 Å². The van der Waals surface area contributed by atoms with E-state index in [1.54, 1.807) is 0 Å². The highest BCUT2D eigenvalue weighted by molar-refractivity contribution is 6.74. The molecule has 2 aromatic rings. The van der Waals surface area contributed by atoms with Gasteiger partial charge in [-0.3, -0.25) is 4.98 Å². The molecule has 2 spiro atoms. The average molecular weight is 619 g/mol. The Labute approximate surface area is 254 Å². The SMILES string of the molecule is CC(C)c1c2c(c3c([n+]1[O-])CC1(CCC1)C[C@@H]3O[Si](C)(C)C(C)(C)C)C1(CCOCC1)O[C@@H]2c1ccc(C(F)(F)F)nc1. The minimum atomic E-state index is -4.54. The molecule has 4 aliphatic rings. The lowest BCUT2D eigenvalue weighted by molar-refractivity contribution is -0.626. The highest BCUT2D eigenvalue weighted by Crippen LogP contribution is 2.61. The molecule has 0 aromatic carbocycles. The summed E-state index contributed by atoms with van der Waals surface area (Å²) in [6.45, 7) is 16.3. The molecular formula is C33H45F3N2O4Si. The molecule has 1 saturated heterocycles. The minimum Gasteiger partial charge on any atom is -0.618 e. The molecule has 4 heterocycles. The van der Waals surface area contributed by atoms with Crippen molar-refractivity contribution in [3.63, 3.8) is 0 Å². The molecule has 1 saturated carbocycles. The first kappa shape index (κ1) is 31.0. The molecule has 2 fully saturated rings. The first-order valence-electron chi connectivity index (χ1n) is 15.8. The number of ether oxygens (including phenoxy) is 2. The van der Waals surface area contributed by atoms with Crippen LogP contribution in [0.5, 0.6) is 0 Å². The third-order valence-corrected chi connectivity index (χ3v) is 15.5. The van der Waals surface area contributed by atoms with Gasteiger partial charge in [0.25, 0.3) is 0 Å². The fourth-order valence-electron chi connectivity index (χ4n) is 7.59. The Morgan fingerprint density at radius 1 is 1.07 bits per heavy atom. The van der Waals surface area contributed by atoms with Crippen molar-refractivity contribution in [1.82, 2.24) is 4.98 Å². The summed E-state index contributed by atoms with van der Waals surface area (Å²) in [5.74, 6) is -0.126. The highest BCUT2D eigenvalue weighted by atomic mass is 28.4. The molecule has 6 rings (SSSR count). The summed E-state index contributed by atoms with van der Waals surface area (Å²) in [7, 11) is -2.26. The number of alkyl halides is 3. The summed E-state index contributed by atoms with van der Waals surface area (Å²) in [6.07, 6.45) is 1.92. The maximum absolute atomic E-state index is 14.6. The van der Waals surface area contributed by atoms with Crippen molar-refractivity contribution < 1.29 is 31.8 Å². The Bertz CT molecular complexity index is 1390. The fourth-order valence-corrected chi connectivity index (χ4v) is 8.85. The number of hydrogen-bond acceptors (Lipinski definition) is 5. The Hall–Kier alpha value is -2.01. The smallest absolute Gasteiger partial charge is 0.433 e. The van der Waals surface area contributed by atoms with Gasteiger partial charge in [-0.25, -0.2) is 0 Å². The van der Waals surface area contributed by atoms with Crippen LogP contribution in [0.15, 0.2) is 18.3 Å². The average Bonchev–Trinajstić information content (AvgIpc) is 3.20. The third kappa shape index (κ3) is 5.04. The van der Waals surface area contributed by atoms with Crippen LogP contribution in [0, 0.1) is 10.6 Å². The van der Waals surface area contributed by atoms with Crippen molar-refractivity contribution in [1.29, 1.82) is 0 Å². The van der Waals surface area contributed by atoms with Crippen LogP contribution in [0.1, 0.15) is 131 Å². The quantitative estimate of drug-likeness (QED) is 0.197. The number of nitrogens with zero attached hydrogens (tertiary/aromatic N) is 2. The van der Waals surface area contributed by atoms with Gasteiger partial charge in [0.05, 0.1) is 22.8 Å². The van der Waals surface area contributed by atoms with Crippen LogP contribution < -0.4 is 4.73 Å². The van der Waals surface area contributed by atoms with Crippen molar-refractivity contribution in [2.24, 2.45) is 5.41 Å². The molecule has 0 amide bonds. The number of fused-ring (bicyclic) bond motifs is 4. The molecular weight excluding hydrogens is 573 g/mol. The number of halogens is 3. The zero-order valence-electron chi connectivity index (χ0n) is 26.5. The monoisotopic (exact) mass is 618 g/mol. The molecule has 0 radical (unpaired) electrons. The second-order valence-corrected chi connectivity index (χ2v) is 19.9. The lowest BCUT2D eigenvalue weighted by atomic mass is 9.58. The van der Waals surface area contributed by atoms with Gasteiger partial charge in [0.2, 0.25) is 5.69 Å². The number of hydrogen-bond donors (Lipinski definition) is 0. The second-order valence-electron chi connectivity index (χ2n) is 15.2. The topological polar surface area (TPSA) is 67.5 Å². The van der Waals surface area contributed by atoms with Gasteiger partial charge in [0.1, 0.15) is 11.8 Å². The standard InChI is InChI=1S/C33H45F3N2O4Si/c1-20(2)28-26-27(32(13-15-40-16-14-32)41-29(26)21-9-10-24(37-19-21)33(34,35)36)25-22(38(28)39)17-31(11-8-12-31)18-23(25)42-43(6,7)30(3,4)5/h9-10,19-20,23,29H,8,11-18H2,1-7H3/t23-,29+/m0/s1. The van der Waals surface area contributed by atoms with Crippen LogP contribution in [0.2, 0.25) is 18.1 Å². The normalized spacial score (nSPS) is 24.7. The second kappa shape index (κ2) is 10.3. The van der Waals surface area contributed by atoms with Crippen LogP contribution >= 0.6 is 0 Å². The Balaban J connectivity index is 1.61. The van der Waals surface area contributed by atoms with Crippen molar-refractivity contribution >= 4 is 8.32 Å². The largest absolute Gasteiger partial charge is 0.618 e. The van der Waals surface area contributed by atoms with Gasteiger partial charge in [0.15, 0.2) is 14.0 Å². The molecule has 2 atom stereocenters. The molecule has 6 nitrogen and oxygen atoms in total. The summed E-state index contributed by atoms with van der Waals surface area (Å²) in [5.41, 5.74) is 3.16. The van der Waals surface area contributed by atoms with Crippen LogP contribution in [-0.2, 0) is 32.1 Å². The lowest BCUT2D eigenvalue weighted by Crippen LogP contribution is -2.51. The predicted octanol–water partition coefficient (Wildman–Crippen LogP) is 8.16. The molecule has 0 unspecified atom stereocenters. The summed E-state index contributed by atoms with van der Waals surface area (Å²) in [5, 5.41) is 14.6. The van der Waals surface area contributed by atoms with Crippen LogP contribution in [0.25, 0.3) is 0 Å². The van der Waals surface area contributed by atoms with Gasteiger partial charge in [-0.1, -0.05) is 47.1 Å². The van der Waals surface area contributed by atoms with Gasteiger partial charge in [-0.2, -0.15) is 17.9 Å². The van der Waals surface area contributed by atoms with Gasteiger partial charge in [-0.15, -0.1) is 0 Å². The van der Waals surface area contributed by atoms with E-state index in [9.17, 15) is 18.4 Å². The summed E-state index contributed by atoms with van der Waals surface area (Å²) in [6, 6.07) is 2.46. The molecule has 236 valence electrons. The van der Waals surface area contributed by atoms with Crippen LogP contribution in [0.4, 0.5) is 13.2 Å². The summed E-state index contributed by atoms with van der Waals surface area (Å²) >= 11 is 0. The number of aromatic nitrogens is 2. The Kier molecular flexibility index (Phi) is 7.39. The lowest BCUT2D eigenvalue weighted by Gasteiger charge is -2.50. The van der Waals surface area contributed by atoms with E-state index in [1.807, 2.05) is 13.8 Å².